The molecule has 0 saturated carbocycles. The van der Waals surface area contributed by atoms with Gasteiger partial charge >= 0.3 is 0 Å². The maximum atomic E-state index is 6.53. The van der Waals surface area contributed by atoms with Crippen LogP contribution >= 0.6 is 11.6 Å². The number of nitrogens with zero attached hydrogens (tertiary/aromatic N) is 2. The largest absolute Gasteiger partial charge is 0.222 e. The van der Waals surface area contributed by atoms with E-state index >= 15 is 0 Å². The summed E-state index contributed by atoms with van der Waals surface area (Å²) in [6.07, 6.45) is 9.18. The summed E-state index contributed by atoms with van der Waals surface area (Å²) in [7, 11) is 0. The van der Waals surface area contributed by atoms with Crippen molar-refractivity contribution in [2.75, 3.05) is 0 Å². The van der Waals surface area contributed by atoms with E-state index in [1.54, 1.807) is 0 Å². The summed E-state index contributed by atoms with van der Waals surface area (Å²) in [5.74, 6) is 0. The van der Waals surface area contributed by atoms with E-state index in [2.05, 4.69) is 19.9 Å². The molecule has 0 unspecified atom stereocenters. The van der Waals surface area contributed by atoms with Crippen LogP contribution in [0.1, 0.15) is 50.8 Å². The topological polar surface area (TPSA) is 17.8 Å². The fourth-order valence-corrected chi connectivity index (χ4v) is 3.19. The number of hydrogen-bond donors (Lipinski definition) is 0. The lowest BCUT2D eigenvalue weighted by Crippen LogP contribution is -2.05. The molecule has 3 heteroatoms. The van der Waals surface area contributed by atoms with Gasteiger partial charge in [0, 0.05) is 5.56 Å². The second-order valence-corrected chi connectivity index (χ2v) is 5.85. The van der Waals surface area contributed by atoms with Crippen LogP contribution in [0.25, 0.3) is 5.70 Å². The van der Waals surface area contributed by atoms with E-state index in [0.717, 1.165) is 30.8 Å². The van der Waals surface area contributed by atoms with Gasteiger partial charge in [0.1, 0.15) is 5.15 Å². The predicted molar refractivity (Wildman–Crippen MR) is 75.8 cm³/mol. The third kappa shape index (κ3) is 1.93. The van der Waals surface area contributed by atoms with Crippen LogP contribution in [0.4, 0.5) is 0 Å². The Morgan fingerprint density at radius 2 is 1.89 bits per heavy atom. The Labute approximate surface area is 113 Å². The molecule has 1 aromatic heterocycles. The number of fused-ring (bicyclic) bond motifs is 1. The first-order chi connectivity index (χ1) is 8.66. The van der Waals surface area contributed by atoms with Crippen molar-refractivity contribution in [3.63, 3.8) is 0 Å². The Morgan fingerprint density at radius 1 is 1.11 bits per heavy atom. The van der Waals surface area contributed by atoms with Crippen molar-refractivity contribution in [2.24, 2.45) is 0 Å². The van der Waals surface area contributed by atoms with E-state index in [-0.39, 0.29) is 0 Å². The SMILES string of the molecule is CC1=CC(n2nc3c(c2Cl)CCCC3)=C(C)CC1. The van der Waals surface area contributed by atoms with E-state index in [1.807, 2.05) is 4.68 Å². The number of halogens is 1. The lowest BCUT2D eigenvalue weighted by molar-refractivity contribution is 0.671. The van der Waals surface area contributed by atoms with Crippen LogP contribution in [-0.4, -0.2) is 9.78 Å². The van der Waals surface area contributed by atoms with Crippen LogP contribution in [0.2, 0.25) is 5.15 Å². The fourth-order valence-electron chi connectivity index (χ4n) is 2.86. The summed E-state index contributed by atoms with van der Waals surface area (Å²) in [6.45, 7) is 4.37. The summed E-state index contributed by atoms with van der Waals surface area (Å²) >= 11 is 6.53. The quantitative estimate of drug-likeness (QED) is 0.734. The Balaban J connectivity index is 2.10. The average Bonchev–Trinajstić information content (AvgIpc) is 2.71. The Hall–Kier alpha value is -1.02. The molecule has 1 heterocycles. The first kappa shape index (κ1) is 12.0. The number of hydrogen-bond acceptors (Lipinski definition) is 1. The Bertz CT molecular complexity index is 549. The molecule has 0 fully saturated rings. The molecular weight excluding hydrogens is 244 g/mol. The first-order valence-corrected chi connectivity index (χ1v) is 7.18. The zero-order valence-electron chi connectivity index (χ0n) is 11.1. The van der Waals surface area contributed by atoms with Crippen molar-refractivity contribution in [3.05, 3.63) is 33.6 Å². The van der Waals surface area contributed by atoms with Gasteiger partial charge in [-0.2, -0.15) is 5.10 Å². The van der Waals surface area contributed by atoms with Crippen LogP contribution in [0, 0.1) is 0 Å². The summed E-state index contributed by atoms with van der Waals surface area (Å²) in [5.41, 5.74) is 6.49. The van der Waals surface area contributed by atoms with Gasteiger partial charge in [0.2, 0.25) is 0 Å². The number of rotatable bonds is 1. The van der Waals surface area contributed by atoms with Gasteiger partial charge in [0.15, 0.2) is 0 Å². The third-order valence-corrected chi connectivity index (χ3v) is 4.43. The third-order valence-electron chi connectivity index (χ3n) is 4.04. The molecule has 0 saturated heterocycles. The molecule has 18 heavy (non-hydrogen) atoms. The fraction of sp³-hybridized carbons (Fsp3) is 0.533. The van der Waals surface area contributed by atoms with Crippen LogP contribution < -0.4 is 0 Å². The lowest BCUT2D eigenvalue weighted by Gasteiger charge is -2.16. The van der Waals surface area contributed by atoms with E-state index in [0.29, 0.717) is 0 Å². The standard InChI is InChI=1S/C15H19ClN2/c1-10-7-8-11(2)14(9-10)18-15(16)12-5-3-4-6-13(12)17-18/h9H,3-8H2,1-2H3. The van der Waals surface area contributed by atoms with Gasteiger partial charge in [-0.15, -0.1) is 0 Å². The average molecular weight is 263 g/mol. The summed E-state index contributed by atoms with van der Waals surface area (Å²) < 4.78 is 1.97. The van der Waals surface area contributed by atoms with Gasteiger partial charge in [0.25, 0.3) is 0 Å². The lowest BCUT2D eigenvalue weighted by atomic mass is 9.97. The zero-order chi connectivity index (χ0) is 12.7. The second kappa shape index (κ2) is 4.58. The molecule has 2 aliphatic carbocycles. The molecule has 2 aliphatic rings. The van der Waals surface area contributed by atoms with Crippen molar-refractivity contribution in [1.29, 1.82) is 0 Å². The minimum Gasteiger partial charge on any atom is -0.222 e. The number of aryl methyl sites for hydroxylation is 1. The summed E-state index contributed by atoms with van der Waals surface area (Å²) in [4.78, 5) is 0. The highest BCUT2D eigenvalue weighted by atomic mass is 35.5. The summed E-state index contributed by atoms with van der Waals surface area (Å²) in [6, 6.07) is 0. The molecule has 0 aliphatic heterocycles. The molecule has 0 aromatic carbocycles. The van der Waals surface area contributed by atoms with Gasteiger partial charge in [-0.25, -0.2) is 4.68 Å². The van der Waals surface area contributed by atoms with Gasteiger partial charge in [-0.05, 0) is 64.0 Å². The summed E-state index contributed by atoms with van der Waals surface area (Å²) in [5, 5.41) is 5.58. The molecule has 96 valence electrons. The predicted octanol–water partition coefficient (Wildman–Crippen LogP) is 4.39. The highest BCUT2D eigenvalue weighted by Gasteiger charge is 2.22. The zero-order valence-corrected chi connectivity index (χ0v) is 11.8. The normalized spacial score (nSPS) is 19.8. The van der Waals surface area contributed by atoms with Crippen LogP contribution in [0.5, 0.6) is 0 Å². The van der Waals surface area contributed by atoms with Crippen molar-refractivity contribution in [2.45, 2.75) is 52.4 Å². The van der Waals surface area contributed by atoms with E-state index in [1.165, 1.54) is 40.9 Å². The van der Waals surface area contributed by atoms with E-state index < -0.39 is 0 Å². The molecule has 0 bridgehead atoms. The van der Waals surface area contributed by atoms with Crippen LogP contribution in [0.3, 0.4) is 0 Å². The van der Waals surface area contributed by atoms with Gasteiger partial charge in [-0.1, -0.05) is 17.2 Å². The molecule has 0 spiro atoms. The minimum atomic E-state index is 0.838. The highest BCUT2D eigenvalue weighted by molar-refractivity contribution is 6.30. The van der Waals surface area contributed by atoms with Gasteiger partial charge < -0.3 is 0 Å². The molecular formula is C15H19ClN2. The molecule has 3 rings (SSSR count). The second-order valence-electron chi connectivity index (χ2n) is 5.49. The monoisotopic (exact) mass is 262 g/mol. The van der Waals surface area contributed by atoms with E-state index in [9.17, 15) is 0 Å². The highest BCUT2D eigenvalue weighted by Crippen LogP contribution is 2.33. The molecule has 0 N–H and O–H groups in total. The number of aromatic nitrogens is 2. The van der Waals surface area contributed by atoms with Crippen molar-refractivity contribution >= 4 is 17.3 Å². The van der Waals surface area contributed by atoms with E-state index in [4.69, 9.17) is 16.7 Å². The molecule has 0 radical (unpaired) electrons. The van der Waals surface area contributed by atoms with Crippen molar-refractivity contribution in [3.8, 4) is 0 Å². The molecule has 0 amide bonds. The number of allylic oxidation sites excluding steroid dienone is 4. The minimum absolute atomic E-state index is 0.838. The molecule has 1 aromatic rings. The van der Waals surface area contributed by atoms with Crippen molar-refractivity contribution in [1.82, 2.24) is 9.78 Å². The Morgan fingerprint density at radius 3 is 2.67 bits per heavy atom. The van der Waals surface area contributed by atoms with Crippen LogP contribution in [-0.2, 0) is 12.8 Å². The van der Waals surface area contributed by atoms with Crippen molar-refractivity contribution < 1.29 is 0 Å². The molecule has 2 nitrogen and oxygen atoms in total. The maximum Gasteiger partial charge on any atom is 0.136 e. The molecule has 0 atom stereocenters. The first-order valence-electron chi connectivity index (χ1n) is 6.80. The van der Waals surface area contributed by atoms with Crippen LogP contribution in [0.15, 0.2) is 17.2 Å². The maximum absolute atomic E-state index is 6.53. The smallest absolute Gasteiger partial charge is 0.136 e. The van der Waals surface area contributed by atoms with Gasteiger partial charge in [0.05, 0.1) is 11.4 Å². The Kier molecular flexibility index (Phi) is 3.06. The van der Waals surface area contributed by atoms with Gasteiger partial charge in [-0.3, -0.25) is 0 Å².